The fraction of sp³-hybridized carbons (Fsp3) is 0.500. The van der Waals surface area contributed by atoms with Gasteiger partial charge in [-0.2, -0.15) is 0 Å². The third kappa shape index (κ3) is 2.87. The van der Waals surface area contributed by atoms with Gasteiger partial charge in [-0.3, -0.25) is 4.79 Å². The number of nitrogens with two attached hydrogens (primary N) is 1. The number of hydrogen-bond donors (Lipinski definition) is 1. The number of nitrogens with zero attached hydrogens (tertiary/aromatic N) is 2. The molecule has 0 saturated carbocycles. The van der Waals surface area contributed by atoms with Crippen molar-refractivity contribution in [2.45, 2.75) is 19.4 Å². The highest BCUT2D eigenvalue weighted by Crippen LogP contribution is 2.29. The third-order valence-electron chi connectivity index (χ3n) is 3.50. The maximum absolute atomic E-state index is 14.1. The van der Waals surface area contributed by atoms with Crippen molar-refractivity contribution in [2.24, 2.45) is 5.73 Å². The van der Waals surface area contributed by atoms with Gasteiger partial charge in [0.05, 0.1) is 12.2 Å². The molecular weight excluding hydrogens is 245 g/mol. The molecule has 2 rings (SSSR count). The summed E-state index contributed by atoms with van der Waals surface area (Å²) in [5.74, 6) is -0.302. The number of anilines is 1. The molecule has 1 aliphatic rings. The van der Waals surface area contributed by atoms with Gasteiger partial charge in [0, 0.05) is 26.2 Å². The first-order valence-electron chi connectivity index (χ1n) is 6.53. The molecule has 1 aromatic carbocycles. The lowest BCUT2D eigenvalue weighted by Gasteiger charge is -2.26. The van der Waals surface area contributed by atoms with Crippen LogP contribution in [-0.2, 0) is 4.79 Å². The number of hydrogen-bond acceptors (Lipinski definition) is 3. The van der Waals surface area contributed by atoms with Crippen LogP contribution in [0.3, 0.4) is 0 Å². The molecule has 0 radical (unpaired) electrons. The highest BCUT2D eigenvalue weighted by Gasteiger charge is 2.24. The predicted molar refractivity (Wildman–Crippen MR) is 73.5 cm³/mol. The summed E-state index contributed by atoms with van der Waals surface area (Å²) in [5.41, 5.74) is 7.12. The van der Waals surface area contributed by atoms with Crippen molar-refractivity contribution in [2.75, 3.05) is 31.6 Å². The minimum Gasteiger partial charge on any atom is -0.360 e. The summed E-state index contributed by atoms with van der Waals surface area (Å²) in [5, 5.41) is 0. The Hall–Kier alpha value is -1.62. The van der Waals surface area contributed by atoms with Crippen LogP contribution in [0.4, 0.5) is 10.1 Å². The number of halogens is 1. The SMILES string of the molecule is CC(N)c1cccc(F)c1N1CCCN(C)C(=O)C1. The predicted octanol–water partition coefficient (Wildman–Crippen LogP) is 1.51. The quantitative estimate of drug-likeness (QED) is 0.882. The molecular formula is C14H20FN3O. The molecule has 4 nitrogen and oxygen atoms in total. The summed E-state index contributed by atoms with van der Waals surface area (Å²) in [6.45, 7) is 3.40. The first-order chi connectivity index (χ1) is 9.00. The molecule has 1 fully saturated rings. The molecule has 0 spiro atoms. The molecule has 1 heterocycles. The van der Waals surface area contributed by atoms with Gasteiger partial charge in [0.1, 0.15) is 5.82 Å². The molecule has 0 aromatic heterocycles. The van der Waals surface area contributed by atoms with Gasteiger partial charge < -0.3 is 15.5 Å². The number of benzene rings is 1. The number of para-hydroxylation sites is 1. The first kappa shape index (κ1) is 13.8. The van der Waals surface area contributed by atoms with Gasteiger partial charge in [0.25, 0.3) is 0 Å². The first-order valence-corrected chi connectivity index (χ1v) is 6.53. The van der Waals surface area contributed by atoms with Gasteiger partial charge in [-0.1, -0.05) is 12.1 Å². The smallest absolute Gasteiger partial charge is 0.241 e. The van der Waals surface area contributed by atoms with Crippen LogP contribution in [0.15, 0.2) is 18.2 Å². The largest absolute Gasteiger partial charge is 0.360 e. The van der Waals surface area contributed by atoms with E-state index in [2.05, 4.69) is 0 Å². The molecule has 1 saturated heterocycles. The van der Waals surface area contributed by atoms with E-state index >= 15 is 0 Å². The average Bonchev–Trinajstić information content (AvgIpc) is 2.51. The summed E-state index contributed by atoms with van der Waals surface area (Å²) in [7, 11) is 1.78. The second-order valence-corrected chi connectivity index (χ2v) is 5.06. The highest BCUT2D eigenvalue weighted by atomic mass is 19.1. The van der Waals surface area contributed by atoms with Crippen LogP contribution in [-0.4, -0.2) is 37.5 Å². The van der Waals surface area contributed by atoms with E-state index in [1.807, 2.05) is 13.0 Å². The second kappa shape index (κ2) is 5.57. The van der Waals surface area contributed by atoms with E-state index < -0.39 is 0 Å². The minimum atomic E-state index is -0.313. The maximum atomic E-state index is 14.1. The molecule has 104 valence electrons. The molecule has 1 unspecified atom stereocenters. The lowest BCUT2D eigenvalue weighted by Crippen LogP contribution is -2.35. The number of amides is 1. The van der Waals surface area contributed by atoms with Crippen molar-refractivity contribution in [3.63, 3.8) is 0 Å². The zero-order valence-corrected chi connectivity index (χ0v) is 11.4. The molecule has 0 bridgehead atoms. The lowest BCUT2D eigenvalue weighted by molar-refractivity contribution is -0.127. The van der Waals surface area contributed by atoms with Crippen LogP contribution in [0, 0.1) is 5.82 Å². The van der Waals surface area contributed by atoms with Gasteiger partial charge in [0.15, 0.2) is 0 Å². The third-order valence-corrected chi connectivity index (χ3v) is 3.50. The van der Waals surface area contributed by atoms with Crippen LogP contribution < -0.4 is 10.6 Å². The van der Waals surface area contributed by atoms with Crippen LogP contribution in [0.5, 0.6) is 0 Å². The van der Waals surface area contributed by atoms with Gasteiger partial charge in [0.2, 0.25) is 5.91 Å². The van der Waals surface area contributed by atoms with Crippen LogP contribution in [0.2, 0.25) is 0 Å². The van der Waals surface area contributed by atoms with Crippen LogP contribution in [0.25, 0.3) is 0 Å². The minimum absolute atomic E-state index is 0.0105. The molecule has 2 N–H and O–H groups in total. The van der Waals surface area contributed by atoms with Crippen molar-refractivity contribution >= 4 is 11.6 Å². The fourth-order valence-electron chi connectivity index (χ4n) is 2.41. The van der Waals surface area contributed by atoms with Crippen molar-refractivity contribution in [1.29, 1.82) is 0 Å². The van der Waals surface area contributed by atoms with Crippen molar-refractivity contribution < 1.29 is 9.18 Å². The van der Waals surface area contributed by atoms with E-state index in [0.717, 1.165) is 12.0 Å². The molecule has 1 aliphatic heterocycles. The summed E-state index contributed by atoms with van der Waals surface area (Å²) in [4.78, 5) is 15.4. The Labute approximate surface area is 113 Å². The van der Waals surface area contributed by atoms with E-state index in [1.165, 1.54) is 6.07 Å². The van der Waals surface area contributed by atoms with Crippen LogP contribution in [0.1, 0.15) is 24.9 Å². The number of likely N-dealkylation sites (N-methyl/N-ethyl adjacent to an activating group) is 1. The highest BCUT2D eigenvalue weighted by molar-refractivity contribution is 5.82. The average molecular weight is 265 g/mol. The van der Waals surface area contributed by atoms with Crippen molar-refractivity contribution in [3.05, 3.63) is 29.6 Å². The Bertz CT molecular complexity index is 476. The van der Waals surface area contributed by atoms with Gasteiger partial charge in [-0.05, 0) is 25.0 Å². The zero-order chi connectivity index (χ0) is 14.0. The Balaban J connectivity index is 2.37. The van der Waals surface area contributed by atoms with E-state index in [4.69, 9.17) is 5.73 Å². The van der Waals surface area contributed by atoms with Crippen molar-refractivity contribution in [3.8, 4) is 0 Å². The molecule has 5 heteroatoms. The standard InChI is InChI=1S/C14H20FN3O/c1-10(16)11-5-3-6-12(15)14(11)18-8-4-7-17(2)13(19)9-18/h3,5-6,10H,4,7-9,16H2,1-2H3. The molecule has 1 amide bonds. The van der Waals surface area contributed by atoms with Gasteiger partial charge in [-0.15, -0.1) is 0 Å². The Morgan fingerprint density at radius 2 is 2.11 bits per heavy atom. The van der Waals surface area contributed by atoms with Gasteiger partial charge in [-0.25, -0.2) is 4.39 Å². The number of rotatable bonds is 2. The summed E-state index contributed by atoms with van der Waals surface area (Å²) in [6.07, 6.45) is 0.828. The number of carbonyl (C=O) groups is 1. The molecule has 0 aliphatic carbocycles. The Morgan fingerprint density at radius 3 is 2.79 bits per heavy atom. The van der Waals surface area contributed by atoms with Crippen LogP contribution >= 0.6 is 0 Å². The van der Waals surface area contributed by atoms with E-state index in [1.54, 1.807) is 22.9 Å². The topological polar surface area (TPSA) is 49.6 Å². The fourth-order valence-corrected chi connectivity index (χ4v) is 2.41. The maximum Gasteiger partial charge on any atom is 0.241 e. The Kier molecular flexibility index (Phi) is 4.04. The normalized spacial score (nSPS) is 18.4. The molecule has 1 atom stereocenters. The van der Waals surface area contributed by atoms with E-state index in [0.29, 0.717) is 18.8 Å². The van der Waals surface area contributed by atoms with Crippen molar-refractivity contribution in [1.82, 2.24) is 4.90 Å². The lowest BCUT2D eigenvalue weighted by atomic mass is 10.1. The summed E-state index contributed by atoms with van der Waals surface area (Å²) >= 11 is 0. The van der Waals surface area contributed by atoms with E-state index in [9.17, 15) is 9.18 Å². The molecule has 19 heavy (non-hydrogen) atoms. The van der Waals surface area contributed by atoms with Gasteiger partial charge >= 0.3 is 0 Å². The molecule has 1 aromatic rings. The monoisotopic (exact) mass is 265 g/mol. The summed E-state index contributed by atoms with van der Waals surface area (Å²) in [6, 6.07) is 4.63. The summed E-state index contributed by atoms with van der Waals surface area (Å²) < 4.78 is 14.1. The second-order valence-electron chi connectivity index (χ2n) is 5.06. The zero-order valence-electron chi connectivity index (χ0n) is 11.4. The number of carbonyl (C=O) groups excluding carboxylic acids is 1. The van der Waals surface area contributed by atoms with E-state index in [-0.39, 0.29) is 24.3 Å². The Morgan fingerprint density at radius 1 is 1.37 bits per heavy atom.